The van der Waals surface area contributed by atoms with Gasteiger partial charge in [0.15, 0.2) is 18.9 Å². The number of aliphatic hydroxyl groups excluding tert-OH is 11. The Morgan fingerprint density at radius 2 is 0.829 bits per heavy atom. The first-order chi connectivity index (χ1) is 39.8. The number of hydrogen-bond acceptors (Lipinski definition) is 18. The molecule has 0 aromatic heterocycles. The number of ether oxygens (including phenoxy) is 6. The lowest BCUT2D eigenvalue weighted by atomic mass is 9.96. The van der Waals surface area contributed by atoms with E-state index in [2.05, 4.69) is 55.6 Å². The molecule has 19 heteroatoms. The van der Waals surface area contributed by atoms with Crippen LogP contribution in [0.3, 0.4) is 0 Å². The van der Waals surface area contributed by atoms with Gasteiger partial charge in [0.25, 0.3) is 0 Å². The molecule has 3 heterocycles. The van der Waals surface area contributed by atoms with Gasteiger partial charge in [-0.2, -0.15) is 0 Å². The van der Waals surface area contributed by atoms with Crippen LogP contribution in [0.1, 0.15) is 213 Å². The minimum absolute atomic E-state index is 0.235. The van der Waals surface area contributed by atoms with Crippen LogP contribution in [0.2, 0.25) is 0 Å². The topological polar surface area (TPSA) is 307 Å². The number of nitrogens with one attached hydrogen (secondary N) is 1. The highest BCUT2D eigenvalue weighted by Crippen LogP contribution is 2.33. The Morgan fingerprint density at radius 3 is 1.33 bits per heavy atom. The molecule has 3 aliphatic heterocycles. The molecule has 3 aliphatic rings. The van der Waals surface area contributed by atoms with E-state index in [0.29, 0.717) is 12.8 Å². The minimum atomic E-state index is -1.98. The fraction of sp³-hybridized carbons (Fsp3) is 0.857. The molecule has 0 saturated carbocycles. The molecule has 17 atom stereocenters. The number of aliphatic hydroxyl groups is 11. The maximum Gasteiger partial charge on any atom is 0.220 e. The maximum absolute atomic E-state index is 13.3. The average molecular weight is 1170 g/mol. The van der Waals surface area contributed by atoms with Gasteiger partial charge < -0.3 is 89.9 Å². The van der Waals surface area contributed by atoms with E-state index in [-0.39, 0.29) is 18.9 Å². The summed E-state index contributed by atoms with van der Waals surface area (Å²) in [4.78, 5) is 13.3. The van der Waals surface area contributed by atoms with Crippen molar-refractivity contribution in [2.24, 2.45) is 0 Å². The van der Waals surface area contributed by atoms with E-state index in [0.717, 1.165) is 51.4 Å². The van der Waals surface area contributed by atoms with Crippen molar-refractivity contribution in [3.63, 3.8) is 0 Å². The Balaban J connectivity index is 1.36. The molecule has 17 unspecified atom stereocenters. The van der Waals surface area contributed by atoms with Crippen molar-refractivity contribution >= 4 is 5.91 Å². The van der Waals surface area contributed by atoms with Gasteiger partial charge in [-0.15, -0.1) is 0 Å². The van der Waals surface area contributed by atoms with Crippen LogP contribution in [0.25, 0.3) is 0 Å². The molecule has 0 aliphatic carbocycles. The van der Waals surface area contributed by atoms with Crippen molar-refractivity contribution in [1.29, 1.82) is 0 Å². The second-order valence-electron chi connectivity index (χ2n) is 22.9. The number of carbonyl (C=O) groups excluding carboxylic acids is 1. The largest absolute Gasteiger partial charge is 0.394 e. The van der Waals surface area contributed by atoms with Crippen molar-refractivity contribution in [2.45, 2.75) is 317 Å². The molecular weight excluding hydrogens is 1060 g/mol. The summed E-state index contributed by atoms with van der Waals surface area (Å²) in [6, 6.07) is -0.987. The van der Waals surface area contributed by atoms with Crippen molar-refractivity contribution < 1.29 is 89.4 Å². The second-order valence-corrected chi connectivity index (χ2v) is 22.9. The molecular formula is C63H113NO18. The summed E-state index contributed by atoms with van der Waals surface area (Å²) in [5.41, 5.74) is 0. The van der Waals surface area contributed by atoms with Gasteiger partial charge in [0.1, 0.15) is 73.2 Å². The van der Waals surface area contributed by atoms with Crippen LogP contribution < -0.4 is 5.32 Å². The van der Waals surface area contributed by atoms with Gasteiger partial charge in [-0.1, -0.05) is 197 Å². The third-order valence-electron chi connectivity index (χ3n) is 15.8. The summed E-state index contributed by atoms with van der Waals surface area (Å²) in [5.74, 6) is -0.289. The lowest BCUT2D eigenvalue weighted by Gasteiger charge is -2.48. The van der Waals surface area contributed by atoms with Crippen molar-refractivity contribution in [1.82, 2.24) is 5.32 Å². The van der Waals surface area contributed by atoms with Crippen molar-refractivity contribution in [3.05, 3.63) is 48.6 Å². The maximum atomic E-state index is 13.3. The lowest BCUT2D eigenvalue weighted by Crippen LogP contribution is -2.66. The normalized spacial score (nSPS) is 29.9. The molecule has 19 nitrogen and oxygen atoms in total. The molecule has 3 saturated heterocycles. The van der Waals surface area contributed by atoms with E-state index >= 15 is 0 Å². The molecule has 3 fully saturated rings. The molecule has 0 spiro atoms. The van der Waals surface area contributed by atoms with Crippen molar-refractivity contribution in [2.75, 3.05) is 26.4 Å². The Bertz CT molecular complexity index is 1680. The second kappa shape index (κ2) is 46.0. The van der Waals surface area contributed by atoms with Gasteiger partial charge >= 0.3 is 0 Å². The average Bonchev–Trinajstić information content (AvgIpc) is 3.62. The first kappa shape index (κ1) is 74.0. The predicted molar refractivity (Wildman–Crippen MR) is 314 cm³/mol. The SMILES string of the molecule is CCCC/C=C/CC/C=C/C(O)C(COC1OC(CO)C(OC2OC(CO)C(OC3OC(CO)C(O)C(O)C3O)C(O)C2O)C(O)C1O)NC(=O)CCCCCCCCCCCCCCCCCCC/C=C\C/C=C\CCCCCCC. The predicted octanol–water partition coefficient (Wildman–Crippen LogP) is 6.65. The quantitative estimate of drug-likeness (QED) is 0.0224. The lowest BCUT2D eigenvalue weighted by molar-refractivity contribution is -0.379. The van der Waals surface area contributed by atoms with Crippen LogP contribution in [0.5, 0.6) is 0 Å². The zero-order valence-electron chi connectivity index (χ0n) is 50.0. The number of hydrogen-bond donors (Lipinski definition) is 12. The molecule has 0 aromatic carbocycles. The number of amides is 1. The zero-order valence-corrected chi connectivity index (χ0v) is 50.0. The molecule has 478 valence electrons. The smallest absolute Gasteiger partial charge is 0.220 e. The van der Waals surface area contributed by atoms with Crippen LogP contribution in [0.4, 0.5) is 0 Å². The van der Waals surface area contributed by atoms with E-state index in [1.54, 1.807) is 6.08 Å². The summed E-state index contributed by atoms with van der Waals surface area (Å²) in [5, 5.41) is 120. The van der Waals surface area contributed by atoms with Crippen LogP contribution in [0, 0.1) is 0 Å². The minimum Gasteiger partial charge on any atom is -0.394 e. The van der Waals surface area contributed by atoms with E-state index in [1.165, 1.54) is 128 Å². The standard InChI is InChI=1S/C63H113NO18/c1-3-5-7-9-11-13-14-15-16-17-18-19-20-21-22-23-24-25-26-27-28-29-30-31-32-33-35-37-39-41-51(69)64-46(47(68)40-38-36-34-12-10-8-6-4-2)45-77-61-57(75)54(72)59(49(43-66)79-61)82-63-58(76)55(73)60(50(44-67)80-63)81-62-56(74)53(71)52(70)48(42-65)78-62/h10,12,14-15,17-18,38,40,46-50,52-63,65-68,70-76H,3-9,11,13,16,19-37,39,41-45H2,1-2H3,(H,64,69)/b12-10+,15-14-,18-17-,40-38+. The summed E-state index contributed by atoms with van der Waals surface area (Å²) in [6.45, 7) is 1.60. The molecule has 0 radical (unpaired) electrons. The highest BCUT2D eigenvalue weighted by atomic mass is 16.8. The van der Waals surface area contributed by atoms with Crippen LogP contribution in [-0.2, 0) is 33.2 Å². The number of rotatable bonds is 47. The number of unbranched alkanes of at least 4 members (excludes halogenated alkanes) is 25. The molecule has 0 aromatic rings. The Morgan fingerprint density at radius 1 is 0.439 bits per heavy atom. The van der Waals surface area contributed by atoms with Gasteiger partial charge in [0, 0.05) is 6.42 Å². The van der Waals surface area contributed by atoms with Gasteiger partial charge in [-0.05, 0) is 57.8 Å². The van der Waals surface area contributed by atoms with Crippen LogP contribution in [0.15, 0.2) is 48.6 Å². The highest BCUT2D eigenvalue weighted by Gasteiger charge is 2.53. The van der Waals surface area contributed by atoms with Gasteiger partial charge in [-0.3, -0.25) is 4.79 Å². The van der Waals surface area contributed by atoms with Crippen LogP contribution in [-0.4, -0.2) is 193 Å². The summed E-state index contributed by atoms with van der Waals surface area (Å²) < 4.78 is 34.1. The van der Waals surface area contributed by atoms with E-state index in [9.17, 15) is 61.0 Å². The summed E-state index contributed by atoms with van der Waals surface area (Å²) in [7, 11) is 0. The molecule has 1 amide bonds. The first-order valence-corrected chi connectivity index (χ1v) is 31.9. The van der Waals surface area contributed by atoms with Crippen LogP contribution >= 0.6 is 0 Å². The first-order valence-electron chi connectivity index (χ1n) is 31.9. The number of carbonyl (C=O) groups is 1. The molecule has 82 heavy (non-hydrogen) atoms. The zero-order chi connectivity index (χ0) is 59.7. The Hall–Kier alpha value is -2.25. The fourth-order valence-corrected chi connectivity index (χ4v) is 10.6. The fourth-order valence-electron chi connectivity index (χ4n) is 10.6. The van der Waals surface area contributed by atoms with Gasteiger partial charge in [0.05, 0.1) is 38.6 Å². The Labute approximate surface area is 491 Å². The number of allylic oxidation sites excluding steroid dienone is 7. The van der Waals surface area contributed by atoms with E-state index in [1.807, 2.05) is 6.08 Å². The molecule has 12 N–H and O–H groups in total. The molecule has 3 rings (SSSR count). The third kappa shape index (κ3) is 29.0. The van der Waals surface area contributed by atoms with Crippen molar-refractivity contribution in [3.8, 4) is 0 Å². The van der Waals surface area contributed by atoms with Gasteiger partial charge in [-0.25, -0.2) is 0 Å². The highest BCUT2D eigenvalue weighted by molar-refractivity contribution is 5.76. The molecule has 0 bridgehead atoms. The van der Waals surface area contributed by atoms with Gasteiger partial charge in [0.2, 0.25) is 5.91 Å². The Kier molecular flexibility index (Phi) is 41.5. The summed E-state index contributed by atoms with van der Waals surface area (Å²) >= 11 is 0. The van der Waals surface area contributed by atoms with E-state index in [4.69, 9.17) is 28.4 Å². The monoisotopic (exact) mass is 1170 g/mol. The summed E-state index contributed by atoms with van der Waals surface area (Å²) in [6.07, 6.45) is 25.8. The van der Waals surface area contributed by atoms with E-state index < -0.39 is 124 Å². The third-order valence-corrected chi connectivity index (χ3v) is 15.8.